The second-order valence-corrected chi connectivity index (χ2v) is 11.3. The monoisotopic (exact) mass is 594 g/mol. The van der Waals surface area contributed by atoms with E-state index in [1.807, 2.05) is 38.1 Å². The summed E-state index contributed by atoms with van der Waals surface area (Å²) >= 11 is 3.45. The molecule has 0 aliphatic carbocycles. The van der Waals surface area contributed by atoms with Crippen molar-refractivity contribution in [3.63, 3.8) is 0 Å². The van der Waals surface area contributed by atoms with Crippen molar-refractivity contribution < 1.29 is 23.9 Å². The number of nitrogens with one attached hydrogen (secondary N) is 2. The first-order valence-electron chi connectivity index (χ1n) is 12.8. The zero-order valence-electron chi connectivity index (χ0n) is 23.0. The van der Waals surface area contributed by atoms with Gasteiger partial charge in [-0.15, -0.1) is 0 Å². The molecule has 0 radical (unpaired) electrons. The molecule has 0 fully saturated rings. The van der Waals surface area contributed by atoms with Gasteiger partial charge in [-0.25, -0.2) is 0 Å². The van der Waals surface area contributed by atoms with Gasteiger partial charge in [0, 0.05) is 28.7 Å². The number of amides is 2. The lowest BCUT2D eigenvalue weighted by Crippen LogP contribution is -2.21. The average molecular weight is 596 g/mol. The van der Waals surface area contributed by atoms with E-state index in [4.69, 9.17) is 9.47 Å². The largest absolute Gasteiger partial charge is 0.457 e. The van der Waals surface area contributed by atoms with E-state index < -0.39 is 11.9 Å². The molecule has 3 aromatic carbocycles. The summed E-state index contributed by atoms with van der Waals surface area (Å²) in [5, 5.41) is 5.56. The lowest BCUT2D eigenvalue weighted by Gasteiger charge is -2.19. The van der Waals surface area contributed by atoms with E-state index in [1.165, 1.54) is 5.56 Å². The molecule has 8 heteroatoms. The van der Waals surface area contributed by atoms with Crippen LogP contribution in [0.15, 0.2) is 65.1 Å². The maximum absolute atomic E-state index is 12.3. The minimum absolute atomic E-state index is 0.0396. The van der Waals surface area contributed by atoms with E-state index in [0.29, 0.717) is 23.5 Å². The van der Waals surface area contributed by atoms with E-state index in [1.54, 1.807) is 24.3 Å². The van der Waals surface area contributed by atoms with Gasteiger partial charge >= 0.3 is 5.97 Å². The van der Waals surface area contributed by atoms with Crippen LogP contribution < -0.4 is 15.4 Å². The van der Waals surface area contributed by atoms with Gasteiger partial charge in [-0.2, -0.15) is 0 Å². The van der Waals surface area contributed by atoms with E-state index in [2.05, 4.69) is 59.5 Å². The molecule has 0 saturated carbocycles. The molecular weight excluding hydrogens is 560 g/mol. The minimum Gasteiger partial charge on any atom is -0.457 e. The number of rotatable bonds is 10. The Morgan fingerprint density at radius 2 is 1.41 bits per heavy atom. The number of benzene rings is 3. The van der Waals surface area contributed by atoms with Gasteiger partial charge in [0.2, 0.25) is 5.91 Å². The number of hydrogen-bond donors (Lipinski definition) is 2. The standard InChI is InChI=1S/C31H35BrN2O5/c1-20-18-27(21(2)17-26(20)32)34-29(36)19-38-30(37)8-6-7-28(35)33-23-11-15-25(16-12-23)39-24-13-9-22(10-14-24)31(3,4)5/h9-18H,6-8,19H2,1-5H3,(H,33,35)(H,34,36). The number of esters is 1. The van der Waals surface area contributed by atoms with Gasteiger partial charge < -0.3 is 20.1 Å². The molecule has 0 atom stereocenters. The van der Waals surface area contributed by atoms with Crippen molar-refractivity contribution in [3.05, 3.63) is 81.8 Å². The van der Waals surface area contributed by atoms with E-state index in [0.717, 1.165) is 21.3 Å². The fourth-order valence-electron chi connectivity index (χ4n) is 3.70. The van der Waals surface area contributed by atoms with Crippen LogP contribution in [0, 0.1) is 13.8 Å². The molecule has 0 aliphatic heterocycles. The first-order chi connectivity index (χ1) is 18.4. The molecule has 0 aliphatic rings. The van der Waals surface area contributed by atoms with Crippen LogP contribution >= 0.6 is 15.9 Å². The van der Waals surface area contributed by atoms with Crippen LogP contribution in [0.3, 0.4) is 0 Å². The van der Waals surface area contributed by atoms with Crippen LogP contribution in [0.5, 0.6) is 11.5 Å². The van der Waals surface area contributed by atoms with Gasteiger partial charge in [0.25, 0.3) is 5.91 Å². The molecule has 0 aromatic heterocycles. The molecule has 2 amide bonds. The van der Waals surface area contributed by atoms with E-state index in [9.17, 15) is 14.4 Å². The van der Waals surface area contributed by atoms with Crippen molar-refractivity contribution in [2.75, 3.05) is 17.2 Å². The predicted octanol–water partition coefficient (Wildman–Crippen LogP) is 7.45. The minimum atomic E-state index is -0.529. The van der Waals surface area contributed by atoms with E-state index >= 15 is 0 Å². The molecule has 206 valence electrons. The quantitative estimate of drug-likeness (QED) is 0.238. The zero-order chi connectivity index (χ0) is 28.6. The molecule has 0 saturated heterocycles. The maximum Gasteiger partial charge on any atom is 0.306 e. The Morgan fingerprint density at radius 3 is 2.03 bits per heavy atom. The third-order valence-electron chi connectivity index (χ3n) is 6.02. The van der Waals surface area contributed by atoms with Crippen molar-refractivity contribution in [1.82, 2.24) is 0 Å². The van der Waals surface area contributed by atoms with Gasteiger partial charge in [0.05, 0.1) is 0 Å². The second-order valence-electron chi connectivity index (χ2n) is 10.4. The van der Waals surface area contributed by atoms with Crippen LogP contribution in [-0.2, 0) is 24.5 Å². The summed E-state index contributed by atoms with van der Waals surface area (Å²) in [5.74, 6) is 0.239. The third kappa shape index (κ3) is 9.55. The van der Waals surface area contributed by atoms with Gasteiger partial charge in [-0.1, -0.05) is 48.8 Å². The number of carbonyl (C=O) groups is 3. The Balaban J connectivity index is 1.35. The number of ether oxygens (including phenoxy) is 2. The molecule has 2 N–H and O–H groups in total. The lowest BCUT2D eigenvalue weighted by molar-refractivity contribution is -0.147. The molecule has 0 bridgehead atoms. The normalized spacial score (nSPS) is 11.0. The molecule has 39 heavy (non-hydrogen) atoms. The average Bonchev–Trinajstić information content (AvgIpc) is 2.87. The van der Waals surface area contributed by atoms with Gasteiger partial charge in [0.1, 0.15) is 11.5 Å². The zero-order valence-corrected chi connectivity index (χ0v) is 24.6. The molecule has 0 heterocycles. The fourth-order valence-corrected chi connectivity index (χ4v) is 4.16. The number of halogens is 1. The molecular formula is C31H35BrN2O5. The van der Waals surface area contributed by atoms with Crippen LogP contribution in [0.25, 0.3) is 0 Å². The Bertz CT molecular complexity index is 1310. The Hall–Kier alpha value is -3.65. The Kier molecular flexibility index (Phi) is 10.3. The van der Waals surface area contributed by atoms with Crippen molar-refractivity contribution in [3.8, 4) is 11.5 Å². The van der Waals surface area contributed by atoms with Crippen LogP contribution in [0.2, 0.25) is 0 Å². The summed E-state index contributed by atoms with van der Waals surface area (Å²) in [7, 11) is 0. The van der Waals surface area contributed by atoms with Crippen molar-refractivity contribution in [1.29, 1.82) is 0 Å². The molecule has 3 aromatic rings. The highest BCUT2D eigenvalue weighted by atomic mass is 79.9. The molecule has 7 nitrogen and oxygen atoms in total. The maximum atomic E-state index is 12.3. The van der Waals surface area contributed by atoms with Crippen LogP contribution in [-0.4, -0.2) is 24.4 Å². The Morgan fingerprint density at radius 1 is 0.795 bits per heavy atom. The summed E-state index contributed by atoms with van der Waals surface area (Å²) in [6.07, 6.45) is 0.498. The summed E-state index contributed by atoms with van der Waals surface area (Å²) in [6.45, 7) is 9.91. The topological polar surface area (TPSA) is 93.7 Å². The second kappa shape index (κ2) is 13.4. The van der Waals surface area contributed by atoms with Gasteiger partial charge in [0.15, 0.2) is 6.61 Å². The molecule has 3 rings (SSSR count). The first kappa shape index (κ1) is 29.9. The summed E-state index contributed by atoms with van der Waals surface area (Å²) < 4.78 is 11.9. The van der Waals surface area contributed by atoms with Crippen molar-refractivity contribution in [2.45, 2.75) is 59.3 Å². The lowest BCUT2D eigenvalue weighted by atomic mass is 9.87. The molecule has 0 spiro atoms. The number of carbonyl (C=O) groups excluding carboxylic acids is 3. The van der Waals surface area contributed by atoms with Crippen molar-refractivity contribution >= 4 is 45.1 Å². The summed E-state index contributed by atoms with van der Waals surface area (Å²) in [5.41, 5.74) is 4.49. The van der Waals surface area contributed by atoms with E-state index in [-0.39, 0.29) is 30.8 Å². The number of anilines is 2. The number of hydrogen-bond acceptors (Lipinski definition) is 5. The van der Waals surface area contributed by atoms with Gasteiger partial charge in [-0.05, 0) is 90.9 Å². The fraction of sp³-hybridized carbons (Fsp3) is 0.323. The number of aryl methyl sites for hydroxylation is 2. The highest BCUT2D eigenvalue weighted by molar-refractivity contribution is 9.10. The van der Waals surface area contributed by atoms with Crippen LogP contribution in [0.1, 0.15) is 56.7 Å². The third-order valence-corrected chi connectivity index (χ3v) is 6.88. The Labute approximate surface area is 238 Å². The summed E-state index contributed by atoms with van der Waals surface area (Å²) in [6, 6.07) is 18.9. The SMILES string of the molecule is Cc1cc(NC(=O)COC(=O)CCCC(=O)Nc2ccc(Oc3ccc(C(C)(C)C)cc3)cc2)c(C)cc1Br. The van der Waals surface area contributed by atoms with Crippen molar-refractivity contribution in [2.24, 2.45) is 0 Å². The first-order valence-corrected chi connectivity index (χ1v) is 13.6. The van der Waals surface area contributed by atoms with Crippen LogP contribution in [0.4, 0.5) is 11.4 Å². The van der Waals surface area contributed by atoms with Gasteiger partial charge in [-0.3, -0.25) is 14.4 Å². The highest BCUT2D eigenvalue weighted by Gasteiger charge is 2.14. The summed E-state index contributed by atoms with van der Waals surface area (Å²) in [4.78, 5) is 36.4. The molecule has 0 unspecified atom stereocenters. The smallest absolute Gasteiger partial charge is 0.306 e. The predicted molar refractivity (Wildman–Crippen MR) is 157 cm³/mol. The highest BCUT2D eigenvalue weighted by Crippen LogP contribution is 2.28.